The summed E-state index contributed by atoms with van der Waals surface area (Å²) in [5.74, 6) is -1.38. The number of amides is 1. The van der Waals surface area contributed by atoms with E-state index >= 15 is 0 Å². The average Bonchev–Trinajstić information content (AvgIpc) is 2.43. The number of unbranched alkanes of at least 4 members (excludes halogenated alkanes) is 9. The molecule has 0 saturated carbocycles. The molecular formula is C17H32NNaO3. The molecule has 0 saturated heterocycles. The maximum absolute atomic E-state index is 11.2. The summed E-state index contributed by atoms with van der Waals surface area (Å²) in [6, 6.07) is -0.781. The minimum absolute atomic E-state index is 0. The van der Waals surface area contributed by atoms with E-state index in [0.29, 0.717) is 6.42 Å². The van der Waals surface area contributed by atoms with Gasteiger partial charge in [0.25, 0.3) is 0 Å². The molecule has 22 heavy (non-hydrogen) atoms. The van der Waals surface area contributed by atoms with Crippen LogP contribution < -0.4 is 34.7 Å². The van der Waals surface area contributed by atoms with Crippen molar-refractivity contribution in [3.8, 4) is 0 Å². The van der Waals surface area contributed by atoms with Gasteiger partial charge >= 0.3 is 29.6 Å². The Kier molecular flexibility index (Phi) is 17.4. The van der Waals surface area contributed by atoms with Crippen molar-refractivity contribution in [2.24, 2.45) is 0 Å². The van der Waals surface area contributed by atoms with Crippen LogP contribution in [-0.2, 0) is 9.59 Å². The standard InChI is InChI=1S/C17H33NO3.Na/c1-4-5-6-7-8-9-10-11-12-13-14-16(17(20)21)18(3)15(2)19;/h16H,4-14H2,1-3H3,(H,20,21);/q;+1/p-1. The molecule has 0 bridgehead atoms. The van der Waals surface area contributed by atoms with Crippen molar-refractivity contribution >= 4 is 11.9 Å². The van der Waals surface area contributed by atoms with Crippen molar-refractivity contribution in [1.82, 2.24) is 4.90 Å². The fraction of sp³-hybridized carbons (Fsp3) is 0.882. The molecule has 124 valence electrons. The number of carboxylic acids is 1. The van der Waals surface area contributed by atoms with Gasteiger partial charge in [-0.1, -0.05) is 71.1 Å². The molecule has 0 heterocycles. The first-order valence-corrected chi connectivity index (χ1v) is 8.45. The van der Waals surface area contributed by atoms with E-state index in [1.807, 2.05) is 0 Å². The molecule has 0 aliphatic rings. The van der Waals surface area contributed by atoms with E-state index in [0.717, 1.165) is 19.3 Å². The molecule has 5 heteroatoms. The number of rotatable bonds is 13. The summed E-state index contributed by atoms with van der Waals surface area (Å²) < 4.78 is 0. The van der Waals surface area contributed by atoms with Crippen LogP contribution in [0.2, 0.25) is 0 Å². The minimum atomic E-state index is -1.15. The summed E-state index contributed by atoms with van der Waals surface area (Å²) in [6.45, 7) is 3.61. The molecule has 0 aliphatic carbocycles. The van der Waals surface area contributed by atoms with Gasteiger partial charge in [0.15, 0.2) is 0 Å². The van der Waals surface area contributed by atoms with Crippen molar-refractivity contribution < 1.29 is 44.3 Å². The monoisotopic (exact) mass is 321 g/mol. The molecule has 0 fully saturated rings. The molecule has 0 aromatic carbocycles. The summed E-state index contributed by atoms with van der Waals surface area (Å²) in [5, 5.41) is 11.0. The van der Waals surface area contributed by atoms with Gasteiger partial charge in [-0.3, -0.25) is 4.79 Å². The molecular weight excluding hydrogens is 289 g/mol. The summed E-state index contributed by atoms with van der Waals surface area (Å²) in [7, 11) is 1.53. The third-order valence-corrected chi connectivity index (χ3v) is 4.07. The normalized spacial score (nSPS) is 11.6. The second-order valence-electron chi connectivity index (χ2n) is 5.94. The Morgan fingerprint density at radius 2 is 1.32 bits per heavy atom. The van der Waals surface area contributed by atoms with Crippen LogP contribution in [0.4, 0.5) is 0 Å². The topological polar surface area (TPSA) is 60.4 Å². The van der Waals surface area contributed by atoms with Crippen molar-refractivity contribution in [2.45, 2.75) is 90.5 Å². The molecule has 0 N–H and O–H groups in total. The number of nitrogens with zero attached hydrogens (tertiary/aromatic N) is 1. The van der Waals surface area contributed by atoms with E-state index in [1.54, 1.807) is 0 Å². The predicted octanol–water partition coefficient (Wildman–Crippen LogP) is -0.102. The largest absolute Gasteiger partial charge is 1.00 e. The van der Waals surface area contributed by atoms with E-state index < -0.39 is 12.0 Å². The third kappa shape index (κ3) is 12.5. The molecule has 0 aromatic rings. The summed E-state index contributed by atoms with van der Waals surface area (Å²) in [4.78, 5) is 23.5. The van der Waals surface area contributed by atoms with Crippen LogP contribution in [0.15, 0.2) is 0 Å². The van der Waals surface area contributed by atoms with Crippen molar-refractivity contribution in [1.29, 1.82) is 0 Å². The maximum Gasteiger partial charge on any atom is 1.00 e. The Hall–Kier alpha value is -0.0600. The van der Waals surface area contributed by atoms with Crippen LogP contribution >= 0.6 is 0 Å². The number of aliphatic carboxylic acids is 1. The fourth-order valence-electron chi connectivity index (χ4n) is 2.51. The quantitative estimate of drug-likeness (QED) is 0.351. The molecule has 0 rings (SSSR count). The van der Waals surface area contributed by atoms with E-state index in [4.69, 9.17) is 0 Å². The Balaban J connectivity index is 0. The third-order valence-electron chi connectivity index (χ3n) is 4.07. The summed E-state index contributed by atoms with van der Waals surface area (Å²) in [6.07, 6.45) is 12.6. The number of carboxylic acid groups (broad SMARTS) is 1. The van der Waals surface area contributed by atoms with Crippen molar-refractivity contribution in [3.05, 3.63) is 0 Å². The Morgan fingerprint density at radius 3 is 1.68 bits per heavy atom. The number of likely N-dealkylation sites (N-methyl/N-ethyl adjacent to an activating group) is 1. The molecule has 1 unspecified atom stereocenters. The zero-order valence-electron chi connectivity index (χ0n) is 15.0. The first-order chi connectivity index (χ1) is 10.0. The number of hydrogen-bond acceptors (Lipinski definition) is 3. The predicted molar refractivity (Wildman–Crippen MR) is 83.7 cm³/mol. The number of hydrogen-bond donors (Lipinski definition) is 0. The molecule has 0 spiro atoms. The molecule has 1 amide bonds. The van der Waals surface area contributed by atoms with E-state index in [-0.39, 0.29) is 35.5 Å². The van der Waals surface area contributed by atoms with Gasteiger partial charge in [0.2, 0.25) is 5.91 Å². The van der Waals surface area contributed by atoms with Gasteiger partial charge in [-0.25, -0.2) is 0 Å². The van der Waals surface area contributed by atoms with Crippen LogP contribution in [-0.4, -0.2) is 29.9 Å². The zero-order chi connectivity index (χ0) is 16.1. The molecule has 4 nitrogen and oxygen atoms in total. The summed E-state index contributed by atoms with van der Waals surface area (Å²) >= 11 is 0. The first-order valence-electron chi connectivity index (χ1n) is 8.45. The van der Waals surface area contributed by atoms with E-state index in [1.165, 1.54) is 63.8 Å². The van der Waals surface area contributed by atoms with Crippen molar-refractivity contribution in [2.75, 3.05) is 7.05 Å². The van der Waals surface area contributed by atoms with Crippen LogP contribution in [0, 0.1) is 0 Å². The van der Waals surface area contributed by atoms with Gasteiger partial charge in [0.05, 0.1) is 12.0 Å². The van der Waals surface area contributed by atoms with Gasteiger partial charge in [-0.05, 0) is 6.42 Å². The van der Waals surface area contributed by atoms with Crippen LogP contribution in [0.3, 0.4) is 0 Å². The van der Waals surface area contributed by atoms with Gasteiger partial charge in [-0.2, -0.15) is 0 Å². The first kappa shape index (κ1) is 24.2. The van der Waals surface area contributed by atoms with E-state index in [2.05, 4.69) is 6.92 Å². The van der Waals surface area contributed by atoms with Gasteiger partial charge < -0.3 is 14.8 Å². The second kappa shape index (κ2) is 15.8. The Bertz CT molecular complexity index is 298. The zero-order valence-corrected chi connectivity index (χ0v) is 17.0. The van der Waals surface area contributed by atoms with Crippen LogP contribution in [0.5, 0.6) is 0 Å². The van der Waals surface area contributed by atoms with Gasteiger partial charge in [0, 0.05) is 14.0 Å². The average molecular weight is 321 g/mol. The smallest absolute Gasteiger partial charge is 0.548 e. The number of carbonyl (C=O) groups is 2. The Morgan fingerprint density at radius 1 is 0.909 bits per heavy atom. The second-order valence-corrected chi connectivity index (χ2v) is 5.94. The maximum atomic E-state index is 11.2. The Labute approximate surface area is 158 Å². The van der Waals surface area contributed by atoms with E-state index in [9.17, 15) is 14.7 Å². The molecule has 0 aromatic heterocycles. The van der Waals surface area contributed by atoms with Crippen molar-refractivity contribution in [3.63, 3.8) is 0 Å². The van der Waals surface area contributed by atoms with Crippen LogP contribution in [0.1, 0.15) is 84.5 Å². The molecule has 0 radical (unpaired) electrons. The van der Waals surface area contributed by atoms with Crippen LogP contribution in [0.25, 0.3) is 0 Å². The minimum Gasteiger partial charge on any atom is -0.548 e. The fourth-order valence-corrected chi connectivity index (χ4v) is 2.51. The summed E-state index contributed by atoms with van der Waals surface area (Å²) in [5.41, 5.74) is 0. The van der Waals surface area contributed by atoms with Gasteiger partial charge in [-0.15, -0.1) is 0 Å². The van der Waals surface area contributed by atoms with Gasteiger partial charge in [0.1, 0.15) is 0 Å². The number of carbonyl (C=O) groups excluding carboxylic acids is 2. The SMILES string of the molecule is CCCCCCCCCCCCC(C(=O)[O-])N(C)C(C)=O.[Na+]. The molecule has 1 atom stereocenters. The molecule has 0 aliphatic heterocycles.